The molecule has 0 spiro atoms. The number of aromatic nitrogens is 2. The molecule has 33 heavy (non-hydrogen) atoms. The standard InChI is InChI=1S/C26H24BrN3O3/c1-4-23(29(2)25(31)17-8-7-9-20(16-17)33-3)24-28-22-11-6-5-10-21(22)26(32)30(24)19-14-12-18(27)13-15-19/h5-16,23H,4H2,1-3H3. The molecule has 0 N–H and O–H groups in total. The molecular weight excluding hydrogens is 482 g/mol. The van der Waals surface area contributed by atoms with Gasteiger partial charge in [-0.15, -0.1) is 0 Å². The van der Waals surface area contributed by atoms with Gasteiger partial charge in [0.05, 0.1) is 29.7 Å². The molecule has 0 aliphatic rings. The number of carbonyl (C=O) groups is 1. The molecule has 7 heteroatoms. The summed E-state index contributed by atoms with van der Waals surface area (Å²) in [6.07, 6.45) is 0.577. The topological polar surface area (TPSA) is 64.4 Å². The Hall–Kier alpha value is -3.45. The van der Waals surface area contributed by atoms with Crippen molar-refractivity contribution in [1.82, 2.24) is 14.5 Å². The van der Waals surface area contributed by atoms with Crippen LogP contribution < -0.4 is 10.3 Å². The van der Waals surface area contributed by atoms with Gasteiger partial charge < -0.3 is 9.64 Å². The number of para-hydroxylation sites is 1. The van der Waals surface area contributed by atoms with E-state index >= 15 is 0 Å². The molecule has 0 radical (unpaired) electrons. The predicted molar refractivity (Wildman–Crippen MR) is 133 cm³/mol. The zero-order valence-corrected chi connectivity index (χ0v) is 20.2. The minimum absolute atomic E-state index is 0.168. The smallest absolute Gasteiger partial charge is 0.266 e. The Kier molecular flexibility index (Phi) is 6.60. The Balaban J connectivity index is 1.88. The van der Waals surface area contributed by atoms with Gasteiger partial charge in [0.25, 0.3) is 11.5 Å². The minimum atomic E-state index is -0.426. The summed E-state index contributed by atoms with van der Waals surface area (Å²) in [4.78, 5) is 33.5. The van der Waals surface area contributed by atoms with Crippen molar-refractivity contribution in [2.75, 3.05) is 14.2 Å². The molecule has 0 bridgehead atoms. The number of hydrogen-bond donors (Lipinski definition) is 0. The summed E-state index contributed by atoms with van der Waals surface area (Å²) in [5.41, 5.74) is 1.64. The van der Waals surface area contributed by atoms with E-state index in [1.165, 1.54) is 0 Å². The SMILES string of the molecule is CCC(c1nc2ccccc2c(=O)n1-c1ccc(Br)cc1)N(C)C(=O)c1cccc(OC)c1. The van der Waals surface area contributed by atoms with E-state index in [0.29, 0.717) is 40.1 Å². The van der Waals surface area contributed by atoms with Crippen LogP contribution in [0.25, 0.3) is 16.6 Å². The van der Waals surface area contributed by atoms with E-state index < -0.39 is 6.04 Å². The summed E-state index contributed by atoms with van der Waals surface area (Å²) in [6.45, 7) is 1.98. The van der Waals surface area contributed by atoms with E-state index in [1.807, 2.05) is 49.4 Å². The molecule has 4 aromatic rings. The number of benzene rings is 3. The van der Waals surface area contributed by atoms with Crippen LogP contribution in [0.5, 0.6) is 5.75 Å². The lowest BCUT2D eigenvalue weighted by Gasteiger charge is -2.29. The monoisotopic (exact) mass is 505 g/mol. The average Bonchev–Trinajstić information content (AvgIpc) is 2.85. The number of amides is 1. The van der Waals surface area contributed by atoms with Crippen LogP contribution in [0, 0.1) is 0 Å². The fraction of sp³-hybridized carbons (Fsp3) is 0.192. The van der Waals surface area contributed by atoms with Gasteiger partial charge in [0.2, 0.25) is 0 Å². The first kappa shape index (κ1) is 22.7. The van der Waals surface area contributed by atoms with Crippen molar-refractivity contribution in [2.45, 2.75) is 19.4 Å². The summed E-state index contributed by atoms with van der Waals surface area (Å²) in [7, 11) is 3.31. The summed E-state index contributed by atoms with van der Waals surface area (Å²) in [6, 6.07) is 21.4. The fourth-order valence-corrected chi connectivity index (χ4v) is 4.21. The van der Waals surface area contributed by atoms with Gasteiger partial charge in [0.15, 0.2) is 0 Å². The van der Waals surface area contributed by atoms with Gasteiger partial charge in [-0.3, -0.25) is 14.2 Å². The van der Waals surface area contributed by atoms with Crippen molar-refractivity contribution >= 4 is 32.7 Å². The molecule has 1 unspecified atom stereocenters. The Bertz CT molecular complexity index is 1370. The molecule has 168 valence electrons. The number of ether oxygens (including phenoxy) is 1. The summed E-state index contributed by atoms with van der Waals surface area (Å²) in [5.74, 6) is 0.950. The lowest BCUT2D eigenvalue weighted by atomic mass is 10.1. The quantitative estimate of drug-likeness (QED) is 0.352. The number of methoxy groups -OCH3 is 1. The van der Waals surface area contributed by atoms with Crippen LogP contribution in [-0.2, 0) is 0 Å². The van der Waals surface area contributed by atoms with Crippen LogP contribution >= 0.6 is 15.9 Å². The highest BCUT2D eigenvalue weighted by Gasteiger charge is 2.27. The predicted octanol–water partition coefficient (Wildman–Crippen LogP) is 5.38. The molecule has 4 rings (SSSR count). The first-order valence-electron chi connectivity index (χ1n) is 10.6. The minimum Gasteiger partial charge on any atom is -0.497 e. The van der Waals surface area contributed by atoms with E-state index in [1.54, 1.807) is 54.0 Å². The maximum Gasteiger partial charge on any atom is 0.266 e. The Labute approximate surface area is 200 Å². The second kappa shape index (κ2) is 9.58. The molecule has 0 aliphatic heterocycles. The highest BCUT2D eigenvalue weighted by Crippen LogP contribution is 2.27. The van der Waals surface area contributed by atoms with Gasteiger partial charge in [0.1, 0.15) is 11.6 Å². The van der Waals surface area contributed by atoms with Crippen LogP contribution in [0.3, 0.4) is 0 Å². The lowest BCUT2D eigenvalue weighted by Crippen LogP contribution is -2.36. The Morgan fingerprint density at radius 2 is 1.82 bits per heavy atom. The van der Waals surface area contributed by atoms with Crippen LogP contribution in [0.4, 0.5) is 0 Å². The second-order valence-electron chi connectivity index (χ2n) is 7.68. The van der Waals surface area contributed by atoms with Gasteiger partial charge in [-0.05, 0) is 61.0 Å². The van der Waals surface area contributed by atoms with Crippen molar-refractivity contribution in [3.05, 3.63) is 99.0 Å². The van der Waals surface area contributed by atoms with E-state index in [0.717, 1.165) is 4.47 Å². The number of halogens is 1. The lowest BCUT2D eigenvalue weighted by molar-refractivity contribution is 0.0716. The molecule has 0 saturated heterocycles. The van der Waals surface area contributed by atoms with Crippen molar-refractivity contribution in [3.8, 4) is 11.4 Å². The van der Waals surface area contributed by atoms with Gasteiger partial charge >= 0.3 is 0 Å². The maximum absolute atomic E-state index is 13.6. The first-order valence-corrected chi connectivity index (χ1v) is 11.4. The van der Waals surface area contributed by atoms with Crippen molar-refractivity contribution in [1.29, 1.82) is 0 Å². The van der Waals surface area contributed by atoms with Gasteiger partial charge in [-0.1, -0.05) is 41.1 Å². The van der Waals surface area contributed by atoms with Crippen LogP contribution in [-0.4, -0.2) is 34.5 Å². The van der Waals surface area contributed by atoms with E-state index in [-0.39, 0.29) is 11.5 Å². The van der Waals surface area contributed by atoms with Crippen molar-refractivity contribution in [3.63, 3.8) is 0 Å². The number of nitrogens with zero attached hydrogens (tertiary/aromatic N) is 3. The molecule has 0 aliphatic carbocycles. The van der Waals surface area contributed by atoms with Gasteiger partial charge in [-0.2, -0.15) is 0 Å². The third kappa shape index (κ3) is 4.41. The third-order valence-corrected chi connectivity index (χ3v) is 6.20. The zero-order chi connectivity index (χ0) is 23.5. The molecular formula is C26H24BrN3O3. The summed E-state index contributed by atoms with van der Waals surface area (Å²) in [5, 5.41) is 0.529. The normalized spacial score (nSPS) is 11.9. The van der Waals surface area contributed by atoms with Crippen LogP contribution in [0.1, 0.15) is 35.6 Å². The molecule has 6 nitrogen and oxygen atoms in total. The van der Waals surface area contributed by atoms with Crippen molar-refractivity contribution in [2.24, 2.45) is 0 Å². The van der Waals surface area contributed by atoms with Gasteiger partial charge in [0, 0.05) is 17.1 Å². The maximum atomic E-state index is 13.6. The highest BCUT2D eigenvalue weighted by atomic mass is 79.9. The van der Waals surface area contributed by atoms with Crippen LogP contribution in [0.15, 0.2) is 82.1 Å². The van der Waals surface area contributed by atoms with Crippen LogP contribution in [0.2, 0.25) is 0 Å². The van der Waals surface area contributed by atoms with Crippen molar-refractivity contribution < 1.29 is 9.53 Å². The molecule has 0 fully saturated rings. The molecule has 0 saturated carbocycles. The molecule has 3 aromatic carbocycles. The number of hydrogen-bond acceptors (Lipinski definition) is 4. The average molecular weight is 506 g/mol. The van der Waals surface area contributed by atoms with E-state index in [2.05, 4.69) is 15.9 Å². The summed E-state index contributed by atoms with van der Waals surface area (Å²) < 4.78 is 7.79. The fourth-order valence-electron chi connectivity index (χ4n) is 3.94. The summed E-state index contributed by atoms with van der Waals surface area (Å²) >= 11 is 3.45. The number of fused-ring (bicyclic) bond motifs is 1. The highest BCUT2D eigenvalue weighted by molar-refractivity contribution is 9.10. The Morgan fingerprint density at radius 3 is 2.52 bits per heavy atom. The number of carbonyl (C=O) groups excluding carboxylic acids is 1. The molecule has 1 heterocycles. The van der Waals surface area contributed by atoms with Gasteiger partial charge in [-0.25, -0.2) is 4.98 Å². The molecule has 1 amide bonds. The third-order valence-electron chi connectivity index (χ3n) is 5.68. The zero-order valence-electron chi connectivity index (χ0n) is 18.7. The first-order chi connectivity index (χ1) is 15.9. The van der Waals surface area contributed by atoms with E-state index in [9.17, 15) is 9.59 Å². The molecule has 1 aromatic heterocycles. The second-order valence-corrected chi connectivity index (χ2v) is 8.59. The largest absolute Gasteiger partial charge is 0.497 e. The Morgan fingerprint density at radius 1 is 1.09 bits per heavy atom. The molecule has 1 atom stereocenters. The van der Waals surface area contributed by atoms with E-state index in [4.69, 9.17) is 9.72 Å². The number of rotatable bonds is 6.